The van der Waals surface area contributed by atoms with Crippen LogP contribution < -0.4 is 10.5 Å². The summed E-state index contributed by atoms with van der Waals surface area (Å²) in [6.07, 6.45) is 0. The Kier molecular flexibility index (Phi) is 4.88. The van der Waals surface area contributed by atoms with Crippen molar-refractivity contribution in [3.05, 3.63) is 29.3 Å². The number of benzene rings is 1. The highest BCUT2D eigenvalue weighted by Gasteiger charge is 2.11. The Morgan fingerprint density at radius 3 is 2.81 bits per heavy atom. The van der Waals surface area contributed by atoms with Gasteiger partial charge >= 0.3 is 0 Å². The first-order valence-corrected chi connectivity index (χ1v) is 5.86. The number of anilines is 1. The van der Waals surface area contributed by atoms with Gasteiger partial charge in [-0.25, -0.2) is 0 Å². The second-order valence-corrected chi connectivity index (χ2v) is 4.11. The third-order valence-electron chi connectivity index (χ3n) is 2.14. The van der Waals surface area contributed by atoms with Gasteiger partial charge in [0.05, 0.1) is 12.3 Å². The minimum Gasteiger partial charge on any atom is -0.755 e. The van der Waals surface area contributed by atoms with Crippen molar-refractivity contribution in [1.82, 2.24) is 0 Å². The minimum atomic E-state index is -2.35. The van der Waals surface area contributed by atoms with E-state index in [1.165, 1.54) is 0 Å². The SMILES string of the molecule is COCc1cccc(NS(=O)[O-])c1C(C)N. The third kappa shape index (κ3) is 3.28. The molecule has 3 N–H and O–H groups in total. The summed E-state index contributed by atoms with van der Waals surface area (Å²) in [7, 11) is 1.58. The van der Waals surface area contributed by atoms with Crippen molar-refractivity contribution in [3.63, 3.8) is 0 Å². The Morgan fingerprint density at radius 2 is 2.31 bits per heavy atom. The first-order chi connectivity index (χ1) is 7.56. The number of nitrogens with two attached hydrogens (primary N) is 1. The summed E-state index contributed by atoms with van der Waals surface area (Å²) in [6.45, 7) is 2.20. The zero-order chi connectivity index (χ0) is 12.1. The van der Waals surface area contributed by atoms with Crippen LogP contribution in [0.4, 0.5) is 5.69 Å². The number of nitrogens with one attached hydrogen (secondary N) is 1. The van der Waals surface area contributed by atoms with Gasteiger partial charge in [-0.2, -0.15) is 0 Å². The molecule has 0 aliphatic carbocycles. The highest BCUT2D eigenvalue weighted by atomic mass is 32.2. The molecule has 0 saturated heterocycles. The number of rotatable bonds is 5. The van der Waals surface area contributed by atoms with Crippen molar-refractivity contribution >= 4 is 17.0 Å². The molecular weight excluding hydrogens is 228 g/mol. The Bertz CT molecular complexity index is 382. The van der Waals surface area contributed by atoms with E-state index in [0.717, 1.165) is 11.1 Å². The summed E-state index contributed by atoms with van der Waals surface area (Å²) < 4.78 is 28.6. The summed E-state index contributed by atoms with van der Waals surface area (Å²) in [5.74, 6) is 0. The molecule has 2 unspecified atom stereocenters. The molecule has 5 nitrogen and oxygen atoms in total. The van der Waals surface area contributed by atoms with Gasteiger partial charge in [0.15, 0.2) is 0 Å². The molecule has 0 aliphatic rings. The fourth-order valence-electron chi connectivity index (χ4n) is 1.61. The summed E-state index contributed by atoms with van der Waals surface area (Å²) in [4.78, 5) is 0. The molecule has 0 saturated carbocycles. The van der Waals surface area contributed by atoms with Gasteiger partial charge in [0.1, 0.15) is 0 Å². The molecule has 1 aromatic rings. The zero-order valence-corrected chi connectivity index (χ0v) is 10.0. The van der Waals surface area contributed by atoms with Crippen molar-refractivity contribution in [2.24, 2.45) is 5.73 Å². The molecule has 2 atom stereocenters. The van der Waals surface area contributed by atoms with E-state index in [-0.39, 0.29) is 6.04 Å². The normalized spacial score (nSPS) is 14.5. The molecule has 0 aromatic heterocycles. The van der Waals surface area contributed by atoms with Crippen molar-refractivity contribution < 1.29 is 13.5 Å². The van der Waals surface area contributed by atoms with Crippen molar-refractivity contribution in [2.75, 3.05) is 11.8 Å². The van der Waals surface area contributed by atoms with E-state index in [9.17, 15) is 8.76 Å². The molecular formula is C10H15N2O3S-. The Morgan fingerprint density at radius 1 is 1.62 bits per heavy atom. The molecule has 0 heterocycles. The average Bonchev–Trinajstić information content (AvgIpc) is 2.16. The number of methoxy groups -OCH3 is 1. The van der Waals surface area contributed by atoms with Crippen LogP contribution in [-0.4, -0.2) is 15.9 Å². The fraction of sp³-hybridized carbons (Fsp3) is 0.400. The van der Waals surface area contributed by atoms with Crippen molar-refractivity contribution in [2.45, 2.75) is 19.6 Å². The molecule has 0 fully saturated rings. The van der Waals surface area contributed by atoms with Crippen LogP contribution in [0, 0.1) is 0 Å². The number of ether oxygens (including phenoxy) is 1. The molecule has 0 amide bonds. The van der Waals surface area contributed by atoms with E-state index in [1.54, 1.807) is 26.2 Å². The topological polar surface area (TPSA) is 87.4 Å². The maximum atomic E-state index is 10.6. The van der Waals surface area contributed by atoms with Crippen LogP contribution in [-0.2, 0) is 22.6 Å². The number of hydrogen-bond donors (Lipinski definition) is 2. The van der Waals surface area contributed by atoms with Crippen molar-refractivity contribution in [3.8, 4) is 0 Å². The Labute approximate surface area is 97.4 Å². The first kappa shape index (κ1) is 13.1. The Balaban J connectivity index is 3.15. The van der Waals surface area contributed by atoms with Gasteiger partial charge in [-0.3, -0.25) is 4.21 Å². The van der Waals surface area contributed by atoms with Crippen LogP contribution in [0.2, 0.25) is 0 Å². The maximum Gasteiger partial charge on any atom is 0.0717 e. The van der Waals surface area contributed by atoms with Crippen LogP contribution in [0.15, 0.2) is 18.2 Å². The number of hydrogen-bond acceptors (Lipinski definition) is 4. The summed E-state index contributed by atoms with van der Waals surface area (Å²) >= 11 is -2.35. The second-order valence-electron chi connectivity index (χ2n) is 3.44. The van der Waals surface area contributed by atoms with E-state index >= 15 is 0 Å². The van der Waals surface area contributed by atoms with E-state index in [1.807, 2.05) is 6.07 Å². The molecule has 0 aliphatic heterocycles. The van der Waals surface area contributed by atoms with E-state index in [4.69, 9.17) is 10.5 Å². The predicted octanol–water partition coefficient (Wildman–Crippen LogP) is 1.06. The van der Waals surface area contributed by atoms with Crippen LogP contribution in [0.25, 0.3) is 0 Å². The first-order valence-electron chi connectivity index (χ1n) is 4.78. The van der Waals surface area contributed by atoms with Crippen molar-refractivity contribution in [1.29, 1.82) is 0 Å². The monoisotopic (exact) mass is 243 g/mol. The van der Waals surface area contributed by atoms with E-state index in [2.05, 4.69) is 4.72 Å². The van der Waals surface area contributed by atoms with Crippen LogP contribution in [0.1, 0.15) is 24.1 Å². The molecule has 90 valence electrons. The van der Waals surface area contributed by atoms with Crippen LogP contribution in [0.5, 0.6) is 0 Å². The van der Waals surface area contributed by atoms with E-state index < -0.39 is 11.3 Å². The largest absolute Gasteiger partial charge is 0.755 e. The van der Waals surface area contributed by atoms with Crippen LogP contribution in [0.3, 0.4) is 0 Å². The van der Waals surface area contributed by atoms with Gasteiger partial charge in [0.25, 0.3) is 0 Å². The Hall–Kier alpha value is -0.950. The summed E-state index contributed by atoms with van der Waals surface area (Å²) in [5, 5.41) is 0. The lowest BCUT2D eigenvalue weighted by atomic mass is 10.0. The molecule has 1 aromatic carbocycles. The van der Waals surface area contributed by atoms with Gasteiger partial charge in [-0.05, 0) is 24.1 Å². The minimum absolute atomic E-state index is 0.266. The molecule has 0 bridgehead atoms. The highest BCUT2D eigenvalue weighted by Crippen LogP contribution is 2.26. The summed E-state index contributed by atoms with van der Waals surface area (Å²) in [6, 6.07) is 5.03. The lowest BCUT2D eigenvalue weighted by Gasteiger charge is -2.19. The quantitative estimate of drug-likeness (QED) is 0.757. The lowest BCUT2D eigenvalue weighted by molar-refractivity contribution is 0.184. The molecule has 0 spiro atoms. The molecule has 1 rings (SSSR count). The predicted molar refractivity (Wildman–Crippen MR) is 62.3 cm³/mol. The molecule has 6 heteroatoms. The second kappa shape index (κ2) is 5.95. The van der Waals surface area contributed by atoms with Gasteiger partial charge in [-0.15, -0.1) is 0 Å². The smallest absolute Gasteiger partial charge is 0.0717 e. The third-order valence-corrected chi connectivity index (χ3v) is 2.53. The summed E-state index contributed by atoms with van der Waals surface area (Å²) in [5.41, 5.74) is 7.96. The van der Waals surface area contributed by atoms with E-state index in [0.29, 0.717) is 12.3 Å². The molecule has 0 radical (unpaired) electrons. The standard InChI is InChI=1S/C10H16N2O3S/c1-7(11)10-8(6-15-2)4-3-5-9(10)12-16(13)14/h3-5,7,12H,6,11H2,1-2H3,(H,13,14)/p-1. The van der Waals surface area contributed by atoms with Gasteiger partial charge in [0, 0.05) is 24.4 Å². The van der Waals surface area contributed by atoms with Crippen LogP contribution >= 0.6 is 0 Å². The van der Waals surface area contributed by atoms with Gasteiger partial charge < -0.3 is 19.7 Å². The van der Waals surface area contributed by atoms with Gasteiger partial charge in [-0.1, -0.05) is 12.1 Å². The maximum absolute atomic E-state index is 10.6. The molecule has 16 heavy (non-hydrogen) atoms. The van der Waals surface area contributed by atoms with Gasteiger partial charge in [0.2, 0.25) is 0 Å². The average molecular weight is 243 g/mol. The highest BCUT2D eigenvalue weighted by molar-refractivity contribution is 7.80. The fourth-order valence-corrected chi connectivity index (χ4v) is 1.97. The lowest BCUT2D eigenvalue weighted by Crippen LogP contribution is -2.14. The zero-order valence-electron chi connectivity index (χ0n) is 9.23.